The Labute approximate surface area is 144 Å². The van der Waals surface area contributed by atoms with Crippen LogP contribution in [-0.4, -0.2) is 44.1 Å². The molecule has 0 unspecified atom stereocenters. The number of nitrogens with one attached hydrogen (secondary N) is 1. The summed E-state index contributed by atoms with van der Waals surface area (Å²) in [6.45, 7) is 3.62. The molecule has 0 bridgehead atoms. The van der Waals surface area contributed by atoms with Gasteiger partial charge in [-0.3, -0.25) is 9.59 Å². The van der Waals surface area contributed by atoms with E-state index >= 15 is 0 Å². The number of ether oxygens (including phenoxy) is 1. The number of aromatic nitrogens is 4. The zero-order valence-electron chi connectivity index (χ0n) is 12.8. The Kier molecular flexibility index (Phi) is 5.87. The van der Waals surface area contributed by atoms with Crippen molar-refractivity contribution in [3.63, 3.8) is 0 Å². The first-order valence-corrected chi connectivity index (χ1v) is 8.49. The zero-order valence-corrected chi connectivity index (χ0v) is 14.4. The Balaban J connectivity index is 1.98. The van der Waals surface area contributed by atoms with E-state index in [2.05, 4.69) is 20.5 Å². The second-order valence-corrected chi connectivity index (χ2v) is 6.27. The van der Waals surface area contributed by atoms with Crippen molar-refractivity contribution < 1.29 is 14.3 Å². The molecule has 12 heteroatoms. The van der Waals surface area contributed by atoms with Crippen LogP contribution in [-0.2, 0) is 9.53 Å². The molecular weight excluding hydrogens is 356 g/mol. The van der Waals surface area contributed by atoms with E-state index in [1.54, 1.807) is 13.8 Å². The number of hydrogen-bond acceptors (Lipinski definition) is 10. The van der Waals surface area contributed by atoms with Crippen LogP contribution in [0.25, 0.3) is 0 Å². The van der Waals surface area contributed by atoms with Crippen molar-refractivity contribution in [1.82, 2.24) is 19.9 Å². The van der Waals surface area contributed by atoms with E-state index in [4.69, 9.17) is 10.6 Å². The molecule has 0 spiro atoms. The summed E-state index contributed by atoms with van der Waals surface area (Å²) in [6.07, 6.45) is 0.972. The lowest BCUT2D eigenvalue weighted by Crippen LogP contribution is -2.30. The van der Waals surface area contributed by atoms with Crippen LogP contribution in [0.3, 0.4) is 0 Å². The predicted octanol–water partition coefficient (Wildman–Crippen LogP) is 0.0245. The minimum Gasteiger partial charge on any atom is -0.462 e. The molecule has 10 nitrogen and oxygen atoms in total. The lowest BCUT2D eigenvalue weighted by molar-refractivity contribution is -0.113. The summed E-state index contributed by atoms with van der Waals surface area (Å²) in [5.41, 5.74) is -0.0475. The summed E-state index contributed by atoms with van der Waals surface area (Å²) in [5.74, 6) is 4.58. The first-order valence-electron chi connectivity index (χ1n) is 6.69. The highest BCUT2D eigenvalue weighted by atomic mass is 32.2. The third kappa shape index (κ3) is 4.29. The van der Waals surface area contributed by atoms with E-state index in [1.165, 1.54) is 0 Å². The highest BCUT2D eigenvalue weighted by molar-refractivity contribution is 7.99. The molecule has 0 aliphatic carbocycles. The summed E-state index contributed by atoms with van der Waals surface area (Å²) in [6, 6.07) is 0. The second kappa shape index (κ2) is 7.88. The zero-order chi connectivity index (χ0) is 17.7. The van der Waals surface area contributed by atoms with Gasteiger partial charge in [-0.15, -0.1) is 5.10 Å². The third-order valence-corrected chi connectivity index (χ3v) is 4.59. The van der Waals surface area contributed by atoms with Crippen LogP contribution in [0.1, 0.15) is 22.3 Å². The van der Waals surface area contributed by atoms with Gasteiger partial charge in [0, 0.05) is 0 Å². The number of anilines is 1. The first kappa shape index (κ1) is 17.9. The van der Waals surface area contributed by atoms with Gasteiger partial charge < -0.3 is 15.9 Å². The van der Waals surface area contributed by atoms with Crippen LogP contribution in [0.4, 0.5) is 5.13 Å². The van der Waals surface area contributed by atoms with Crippen molar-refractivity contribution in [2.75, 3.05) is 23.5 Å². The molecule has 0 aliphatic rings. The van der Waals surface area contributed by atoms with Gasteiger partial charge in [0.25, 0.3) is 5.56 Å². The number of esters is 1. The largest absolute Gasteiger partial charge is 0.462 e. The van der Waals surface area contributed by atoms with E-state index in [0.717, 1.165) is 34.0 Å². The number of nitrogens with two attached hydrogens (primary N) is 1. The summed E-state index contributed by atoms with van der Waals surface area (Å²) in [7, 11) is 0. The monoisotopic (exact) mass is 370 g/mol. The van der Waals surface area contributed by atoms with Crippen molar-refractivity contribution in [2.24, 2.45) is 0 Å². The average Bonchev–Trinajstić information content (AvgIpc) is 2.89. The van der Waals surface area contributed by atoms with Crippen molar-refractivity contribution in [1.29, 1.82) is 0 Å². The number of carbonyl (C=O) groups excluding carboxylic acids is 2. The van der Waals surface area contributed by atoms with Crippen LogP contribution in [0.15, 0.2) is 16.1 Å². The third-order valence-electron chi connectivity index (χ3n) is 2.59. The van der Waals surface area contributed by atoms with Gasteiger partial charge in [-0.2, -0.15) is 9.77 Å². The molecule has 0 saturated carbocycles. The molecule has 128 valence electrons. The number of hydrogen-bond donors (Lipinski definition) is 2. The Hall–Kier alpha value is -2.47. The Morgan fingerprint density at radius 1 is 1.50 bits per heavy atom. The fourth-order valence-electron chi connectivity index (χ4n) is 1.55. The maximum absolute atomic E-state index is 11.9. The Bertz CT molecular complexity index is 818. The van der Waals surface area contributed by atoms with E-state index in [0.29, 0.717) is 10.6 Å². The molecule has 2 heterocycles. The molecule has 2 aromatic rings. The lowest BCUT2D eigenvalue weighted by atomic mass is 10.4. The molecule has 24 heavy (non-hydrogen) atoms. The Morgan fingerprint density at radius 2 is 2.25 bits per heavy atom. The molecule has 0 saturated heterocycles. The summed E-state index contributed by atoms with van der Waals surface area (Å²) in [5, 5.41) is 10.1. The maximum atomic E-state index is 11.9. The van der Waals surface area contributed by atoms with E-state index < -0.39 is 11.5 Å². The van der Waals surface area contributed by atoms with Gasteiger partial charge in [-0.25, -0.2) is 9.78 Å². The number of carbonyl (C=O) groups is 2. The first-order chi connectivity index (χ1) is 11.4. The second-order valence-electron chi connectivity index (χ2n) is 4.33. The molecule has 3 N–H and O–H groups in total. The molecular formula is C12H14N6O4S2. The summed E-state index contributed by atoms with van der Waals surface area (Å²) in [4.78, 5) is 39.4. The van der Waals surface area contributed by atoms with Crippen LogP contribution < -0.4 is 16.7 Å². The SMILES string of the molecule is CCOC(=O)c1sc(NC(=O)CSc2nncc(=O)n2N)nc1C. The van der Waals surface area contributed by atoms with Gasteiger partial charge in [0.1, 0.15) is 11.1 Å². The smallest absolute Gasteiger partial charge is 0.350 e. The number of aryl methyl sites for hydroxylation is 1. The number of nitrogen functional groups attached to an aromatic ring is 1. The highest BCUT2D eigenvalue weighted by Crippen LogP contribution is 2.23. The summed E-state index contributed by atoms with van der Waals surface area (Å²) < 4.78 is 5.71. The Morgan fingerprint density at radius 3 is 2.96 bits per heavy atom. The highest BCUT2D eigenvalue weighted by Gasteiger charge is 2.17. The van der Waals surface area contributed by atoms with E-state index in [-0.39, 0.29) is 28.6 Å². The molecule has 1 amide bonds. The van der Waals surface area contributed by atoms with Crippen LogP contribution in [0, 0.1) is 6.92 Å². The van der Waals surface area contributed by atoms with Gasteiger partial charge in [-0.1, -0.05) is 23.1 Å². The molecule has 0 fully saturated rings. The van der Waals surface area contributed by atoms with Crippen LogP contribution >= 0.6 is 23.1 Å². The van der Waals surface area contributed by atoms with Crippen molar-refractivity contribution in [3.8, 4) is 0 Å². The minimum absolute atomic E-state index is 0.0529. The fraction of sp³-hybridized carbons (Fsp3) is 0.333. The quantitative estimate of drug-likeness (QED) is 0.409. The number of amides is 1. The average molecular weight is 370 g/mol. The minimum atomic E-state index is -0.525. The predicted molar refractivity (Wildman–Crippen MR) is 88.6 cm³/mol. The van der Waals surface area contributed by atoms with Crippen LogP contribution in [0.5, 0.6) is 0 Å². The van der Waals surface area contributed by atoms with Crippen molar-refractivity contribution in [2.45, 2.75) is 19.0 Å². The van der Waals surface area contributed by atoms with Crippen molar-refractivity contribution in [3.05, 3.63) is 27.1 Å². The van der Waals surface area contributed by atoms with Gasteiger partial charge in [0.2, 0.25) is 11.1 Å². The normalized spacial score (nSPS) is 10.4. The molecule has 2 rings (SSSR count). The molecule has 0 atom stereocenters. The van der Waals surface area contributed by atoms with Gasteiger partial charge >= 0.3 is 5.97 Å². The molecule has 0 aromatic carbocycles. The number of rotatable bonds is 6. The maximum Gasteiger partial charge on any atom is 0.350 e. The van der Waals surface area contributed by atoms with E-state index in [1.807, 2.05) is 0 Å². The molecule has 2 aromatic heterocycles. The summed E-state index contributed by atoms with van der Waals surface area (Å²) >= 11 is 1.98. The molecule has 0 aliphatic heterocycles. The number of thioether (sulfide) groups is 1. The van der Waals surface area contributed by atoms with Crippen molar-refractivity contribution >= 4 is 40.1 Å². The van der Waals surface area contributed by atoms with Gasteiger partial charge in [0.05, 0.1) is 18.1 Å². The standard InChI is InChI=1S/C12H14N6O4S2/c1-3-22-10(21)9-6(2)15-11(24-9)16-7(19)5-23-12-17-14-4-8(20)18(12)13/h4H,3,5,13H2,1-2H3,(H,15,16,19). The van der Waals surface area contributed by atoms with Crippen LogP contribution in [0.2, 0.25) is 0 Å². The number of thiazole rings is 1. The van der Waals surface area contributed by atoms with Gasteiger partial charge in [-0.05, 0) is 13.8 Å². The van der Waals surface area contributed by atoms with Gasteiger partial charge in [0.15, 0.2) is 5.13 Å². The number of nitrogens with zero attached hydrogens (tertiary/aromatic N) is 4. The van der Waals surface area contributed by atoms with E-state index in [9.17, 15) is 14.4 Å². The molecule has 0 radical (unpaired) electrons. The lowest BCUT2D eigenvalue weighted by Gasteiger charge is -2.04. The topological polar surface area (TPSA) is 142 Å². The fourth-order valence-corrected chi connectivity index (χ4v) is 3.09.